The van der Waals surface area contributed by atoms with Crippen molar-refractivity contribution in [3.8, 4) is 16.9 Å². The van der Waals surface area contributed by atoms with E-state index in [1.807, 2.05) is 4.90 Å². The first kappa shape index (κ1) is 31.9. The molecule has 0 aliphatic carbocycles. The predicted molar refractivity (Wildman–Crippen MR) is 150 cm³/mol. The van der Waals surface area contributed by atoms with Crippen molar-refractivity contribution in [2.24, 2.45) is 0 Å². The molecule has 3 heterocycles. The number of benzene rings is 2. The Morgan fingerprint density at radius 2 is 1.67 bits per heavy atom. The summed E-state index contributed by atoms with van der Waals surface area (Å²) in [5, 5.41) is 9.14. The van der Waals surface area contributed by atoms with Crippen molar-refractivity contribution in [2.75, 3.05) is 25.1 Å². The number of pyridine rings is 1. The van der Waals surface area contributed by atoms with E-state index in [1.54, 1.807) is 30.3 Å². The molecule has 2 atom stereocenters. The maximum absolute atomic E-state index is 13.5. The first-order chi connectivity index (χ1) is 21.2. The molecule has 0 saturated carbocycles. The van der Waals surface area contributed by atoms with E-state index < -0.39 is 53.3 Å². The quantitative estimate of drug-likeness (QED) is 0.250. The van der Waals surface area contributed by atoms with E-state index in [2.05, 4.69) is 0 Å². The molecule has 14 heteroatoms. The minimum atomic E-state index is -5.06. The zero-order valence-corrected chi connectivity index (χ0v) is 24.2. The number of aliphatic carboxylic acids is 1. The number of aryl methyl sites for hydroxylation is 1. The summed E-state index contributed by atoms with van der Waals surface area (Å²) < 4.78 is 92.2. The number of aromatic nitrogens is 1. The average Bonchev–Trinajstić information content (AvgIpc) is 3.22. The number of anilines is 1. The van der Waals surface area contributed by atoms with Crippen molar-refractivity contribution in [2.45, 2.75) is 57.2 Å². The number of carbonyl (C=O) groups excluding carboxylic acids is 1. The number of rotatable bonds is 9. The van der Waals surface area contributed by atoms with Crippen LogP contribution in [0, 0.1) is 0 Å². The summed E-state index contributed by atoms with van der Waals surface area (Å²) in [6.07, 6.45) is -11.4. The Morgan fingerprint density at radius 3 is 2.22 bits per heavy atom. The number of hydrogen-bond donors (Lipinski definition) is 1. The molecule has 240 valence electrons. The van der Waals surface area contributed by atoms with Crippen LogP contribution in [0.2, 0.25) is 0 Å². The van der Waals surface area contributed by atoms with Crippen molar-refractivity contribution in [3.05, 3.63) is 76.5 Å². The van der Waals surface area contributed by atoms with Crippen molar-refractivity contribution in [3.63, 3.8) is 0 Å². The van der Waals surface area contributed by atoms with Gasteiger partial charge in [-0.2, -0.15) is 26.3 Å². The summed E-state index contributed by atoms with van der Waals surface area (Å²) in [6, 6.07) is 8.98. The summed E-state index contributed by atoms with van der Waals surface area (Å²) in [7, 11) is 1.46. The Kier molecular flexibility index (Phi) is 8.60. The molecule has 1 amide bonds. The van der Waals surface area contributed by atoms with E-state index in [0.29, 0.717) is 46.1 Å². The molecule has 0 unspecified atom stereocenters. The van der Waals surface area contributed by atoms with Crippen LogP contribution in [-0.2, 0) is 34.8 Å². The molecule has 0 spiro atoms. The summed E-state index contributed by atoms with van der Waals surface area (Å²) in [5.41, 5.74) is -1.22. The molecular weight excluding hydrogens is 608 g/mol. The van der Waals surface area contributed by atoms with Crippen LogP contribution >= 0.6 is 0 Å². The van der Waals surface area contributed by atoms with Gasteiger partial charge < -0.3 is 19.5 Å². The third-order valence-electron chi connectivity index (χ3n) is 7.97. The molecule has 5 rings (SSSR count). The van der Waals surface area contributed by atoms with Gasteiger partial charge in [0.2, 0.25) is 0 Å². The molecule has 8 nitrogen and oxygen atoms in total. The highest BCUT2D eigenvalue weighted by Gasteiger charge is 2.43. The Labute approximate surface area is 254 Å². The van der Waals surface area contributed by atoms with Gasteiger partial charge in [-0.3, -0.25) is 9.69 Å². The maximum atomic E-state index is 13.5. The lowest BCUT2D eigenvalue weighted by Gasteiger charge is -2.33. The van der Waals surface area contributed by atoms with E-state index >= 15 is 0 Å². The molecule has 0 bridgehead atoms. The van der Waals surface area contributed by atoms with Crippen molar-refractivity contribution in [1.29, 1.82) is 0 Å². The molecule has 2 aliphatic rings. The number of halogens is 6. The minimum absolute atomic E-state index is 0.0259. The summed E-state index contributed by atoms with van der Waals surface area (Å²) in [5.74, 6) is 0.116. The molecule has 1 N–H and O–H groups in total. The van der Waals surface area contributed by atoms with Gasteiger partial charge in [0, 0.05) is 30.6 Å². The predicted octanol–water partition coefficient (Wildman–Crippen LogP) is 7.10. The molecule has 45 heavy (non-hydrogen) atoms. The fourth-order valence-corrected chi connectivity index (χ4v) is 5.41. The Bertz CT molecular complexity index is 1570. The van der Waals surface area contributed by atoms with Gasteiger partial charge in [0.1, 0.15) is 17.7 Å². The molecule has 0 radical (unpaired) electrons. The van der Waals surface area contributed by atoms with Gasteiger partial charge >= 0.3 is 24.4 Å². The van der Waals surface area contributed by atoms with Crippen LogP contribution in [0.5, 0.6) is 5.75 Å². The Hall–Kier alpha value is -4.49. The van der Waals surface area contributed by atoms with E-state index in [0.717, 1.165) is 19.5 Å². The first-order valence-corrected chi connectivity index (χ1v) is 14.1. The highest BCUT2D eigenvalue weighted by atomic mass is 19.4. The summed E-state index contributed by atoms with van der Waals surface area (Å²) in [6.45, 7) is 2.83. The van der Waals surface area contributed by atoms with Gasteiger partial charge in [-0.25, -0.2) is 9.78 Å². The minimum Gasteiger partial charge on any atom is -0.496 e. The number of nitrogens with zero attached hydrogens (tertiary/aromatic N) is 3. The SMILES string of the molecule is COc1ccc(CCC(=O)O)cc1-c1ccc(N2CCC2)nc1CN1C(=O)O[C@H](c2cc(C(F)(F)F)cc(C(F)(F)F)c2)[C@@H]1C. The van der Waals surface area contributed by atoms with Gasteiger partial charge in [-0.1, -0.05) is 6.07 Å². The normalized spacial score (nSPS) is 18.5. The van der Waals surface area contributed by atoms with Crippen LogP contribution in [0.25, 0.3) is 11.1 Å². The van der Waals surface area contributed by atoms with Gasteiger partial charge in [0.15, 0.2) is 0 Å². The highest BCUT2D eigenvalue weighted by Crippen LogP contribution is 2.42. The standard InChI is InChI=1S/C31H29F6N3O5/c1-17-28(19-13-20(30(32,33)34)15-21(14-19)31(35,36)37)45-29(43)40(17)16-24-22(6-8-26(38-24)39-10-3-11-39)23-12-18(5-9-27(41)42)4-7-25(23)44-2/h4,6-8,12-15,17,28H,3,5,9-11,16H2,1-2H3,(H,41,42)/t17-,28-/m0/s1. The van der Waals surface area contributed by atoms with E-state index in [1.165, 1.54) is 18.9 Å². The number of carbonyl (C=O) groups is 2. The molecule has 2 fully saturated rings. The number of cyclic esters (lactones) is 1. The zero-order chi connectivity index (χ0) is 32.7. The second-order valence-electron chi connectivity index (χ2n) is 10.9. The third kappa shape index (κ3) is 6.79. The summed E-state index contributed by atoms with van der Waals surface area (Å²) in [4.78, 5) is 32.3. The number of methoxy groups -OCH3 is 1. The fraction of sp³-hybridized carbons (Fsp3) is 0.387. The fourth-order valence-electron chi connectivity index (χ4n) is 5.41. The smallest absolute Gasteiger partial charge is 0.416 e. The zero-order valence-electron chi connectivity index (χ0n) is 24.2. The van der Waals surface area contributed by atoms with Gasteiger partial charge in [-0.05, 0) is 73.4 Å². The number of alkyl halides is 6. The molecular formula is C31H29F6N3O5. The van der Waals surface area contributed by atoms with Crippen LogP contribution in [0.1, 0.15) is 53.8 Å². The van der Waals surface area contributed by atoms with E-state index in [9.17, 15) is 35.9 Å². The van der Waals surface area contributed by atoms with Crippen LogP contribution in [0.3, 0.4) is 0 Å². The summed E-state index contributed by atoms with van der Waals surface area (Å²) >= 11 is 0. The van der Waals surface area contributed by atoms with Crippen LogP contribution in [0.15, 0.2) is 48.5 Å². The number of carboxylic acids is 1. The largest absolute Gasteiger partial charge is 0.496 e. The van der Waals surface area contributed by atoms with Crippen molar-refractivity contribution in [1.82, 2.24) is 9.88 Å². The lowest BCUT2D eigenvalue weighted by atomic mass is 9.96. The Balaban J connectivity index is 1.53. The van der Waals surface area contributed by atoms with Gasteiger partial charge in [0.05, 0.1) is 36.5 Å². The van der Waals surface area contributed by atoms with Gasteiger partial charge in [0.25, 0.3) is 0 Å². The second-order valence-corrected chi connectivity index (χ2v) is 10.9. The number of amides is 1. The van der Waals surface area contributed by atoms with Crippen molar-refractivity contribution >= 4 is 17.9 Å². The van der Waals surface area contributed by atoms with Crippen LogP contribution in [0.4, 0.5) is 37.0 Å². The van der Waals surface area contributed by atoms with Crippen LogP contribution < -0.4 is 9.64 Å². The second kappa shape index (κ2) is 12.1. The first-order valence-electron chi connectivity index (χ1n) is 14.1. The van der Waals surface area contributed by atoms with Crippen molar-refractivity contribution < 1.29 is 50.5 Å². The lowest BCUT2D eigenvalue weighted by Crippen LogP contribution is -2.38. The molecule has 2 saturated heterocycles. The lowest BCUT2D eigenvalue weighted by molar-refractivity contribution is -0.143. The van der Waals surface area contributed by atoms with Gasteiger partial charge in [-0.15, -0.1) is 0 Å². The van der Waals surface area contributed by atoms with E-state index in [-0.39, 0.29) is 25.5 Å². The maximum Gasteiger partial charge on any atom is 0.416 e. The monoisotopic (exact) mass is 637 g/mol. The number of carboxylic acid groups (broad SMARTS) is 1. The third-order valence-corrected chi connectivity index (χ3v) is 7.97. The Morgan fingerprint density at radius 1 is 1.00 bits per heavy atom. The molecule has 2 aliphatic heterocycles. The molecule has 3 aromatic rings. The van der Waals surface area contributed by atoms with Crippen LogP contribution in [-0.4, -0.2) is 53.3 Å². The molecule has 1 aromatic heterocycles. The average molecular weight is 638 g/mol. The number of hydrogen-bond acceptors (Lipinski definition) is 6. The van der Waals surface area contributed by atoms with E-state index in [4.69, 9.17) is 19.6 Å². The number of ether oxygens (including phenoxy) is 2. The molecule has 2 aromatic carbocycles. The highest BCUT2D eigenvalue weighted by molar-refractivity contribution is 5.76. The topological polar surface area (TPSA) is 92.2 Å².